The molecule has 0 aromatic heterocycles. The van der Waals surface area contributed by atoms with Crippen molar-refractivity contribution >= 4 is 52.9 Å². The molecule has 2 aromatic rings. The molecule has 0 bridgehead atoms. The van der Waals surface area contributed by atoms with Gasteiger partial charge in [0.25, 0.3) is 0 Å². The van der Waals surface area contributed by atoms with E-state index in [1.165, 1.54) is 11.9 Å². The van der Waals surface area contributed by atoms with Crippen LogP contribution < -0.4 is 20.8 Å². The molecule has 37 heavy (non-hydrogen) atoms. The molecule has 8 nitrogen and oxygen atoms in total. The number of carbonyl (C=O) groups excluding carboxylic acids is 2. The quantitative estimate of drug-likeness (QED) is 0.126. The largest absolute Gasteiger partial charge is 0.333 e. The Labute approximate surface area is 234 Å². The van der Waals surface area contributed by atoms with Gasteiger partial charge < -0.3 is 15.5 Å². The van der Waals surface area contributed by atoms with E-state index in [1.807, 2.05) is 36.4 Å². The number of urea groups is 2. The molecule has 0 spiro atoms. The summed E-state index contributed by atoms with van der Waals surface area (Å²) in [5.41, 5.74) is 3.54. The lowest BCUT2D eigenvalue weighted by molar-refractivity contribution is 0.161. The Kier molecular flexibility index (Phi) is 14.0. The van der Waals surface area contributed by atoms with Crippen molar-refractivity contribution in [1.29, 1.82) is 0 Å². The highest BCUT2D eigenvalue weighted by atomic mass is 35.5. The van der Waals surface area contributed by atoms with Crippen LogP contribution in [0.5, 0.6) is 0 Å². The molecule has 1 atom stereocenters. The van der Waals surface area contributed by atoms with E-state index in [-0.39, 0.29) is 18.1 Å². The van der Waals surface area contributed by atoms with Crippen molar-refractivity contribution in [3.05, 3.63) is 58.6 Å². The summed E-state index contributed by atoms with van der Waals surface area (Å²) in [6.45, 7) is 5.92. The first-order chi connectivity index (χ1) is 17.6. The zero-order valence-electron chi connectivity index (χ0n) is 21.9. The highest BCUT2D eigenvalue weighted by Crippen LogP contribution is 2.27. The lowest BCUT2D eigenvalue weighted by Gasteiger charge is -2.30. The number of hydrazine groups is 1. The average molecular weight is 570 g/mol. The van der Waals surface area contributed by atoms with E-state index in [4.69, 9.17) is 23.2 Å². The van der Waals surface area contributed by atoms with Crippen molar-refractivity contribution in [2.24, 2.45) is 5.92 Å². The highest BCUT2D eigenvalue weighted by molar-refractivity contribution is 7.97. The molecule has 0 aliphatic heterocycles. The van der Waals surface area contributed by atoms with E-state index in [1.54, 1.807) is 36.1 Å². The number of nitrogens with zero attached hydrogens (tertiary/aromatic N) is 2. The molecule has 11 heteroatoms. The van der Waals surface area contributed by atoms with Crippen LogP contribution in [0.1, 0.15) is 33.1 Å². The summed E-state index contributed by atoms with van der Waals surface area (Å²) in [6.07, 6.45) is 2.40. The molecule has 4 N–H and O–H groups in total. The minimum absolute atomic E-state index is 0.195. The molecule has 2 rings (SSSR count). The minimum Gasteiger partial charge on any atom is -0.333 e. The standard InChI is InChI=1S/C26H38Cl2N6O2S/c1-19(2)16-22(31-25(35)30-21-10-6-5-7-11-21)18-34(26(36)32-33(3)4)15-9-8-14-29-37-24-13-12-20(27)17-23(24)28/h5-7,10-13,17,19,22,29H,8-9,14-16,18H2,1-4H3,(H,32,36)(H2,30,31,35). The van der Waals surface area contributed by atoms with Crippen molar-refractivity contribution in [1.82, 2.24) is 25.4 Å². The van der Waals surface area contributed by atoms with Gasteiger partial charge in [-0.15, -0.1) is 0 Å². The van der Waals surface area contributed by atoms with Gasteiger partial charge in [0.05, 0.1) is 5.02 Å². The number of anilines is 1. The van der Waals surface area contributed by atoms with Crippen LogP contribution in [0.3, 0.4) is 0 Å². The van der Waals surface area contributed by atoms with Crippen LogP contribution in [0.15, 0.2) is 53.4 Å². The van der Waals surface area contributed by atoms with Gasteiger partial charge in [-0.25, -0.2) is 14.6 Å². The van der Waals surface area contributed by atoms with Crippen LogP contribution in [0.25, 0.3) is 0 Å². The number of hydrogen-bond donors (Lipinski definition) is 4. The minimum atomic E-state index is -0.285. The Morgan fingerprint density at radius 3 is 2.41 bits per heavy atom. The number of hydrogen-bond acceptors (Lipinski definition) is 5. The Balaban J connectivity index is 1.90. The monoisotopic (exact) mass is 568 g/mol. The lowest BCUT2D eigenvalue weighted by Crippen LogP contribution is -2.52. The second kappa shape index (κ2) is 16.6. The summed E-state index contributed by atoms with van der Waals surface area (Å²) in [6, 6.07) is 14.0. The van der Waals surface area contributed by atoms with Crippen LogP contribution in [-0.4, -0.2) is 61.7 Å². The predicted octanol–water partition coefficient (Wildman–Crippen LogP) is 6.09. The van der Waals surface area contributed by atoms with E-state index < -0.39 is 0 Å². The molecule has 0 radical (unpaired) electrons. The zero-order chi connectivity index (χ0) is 27.2. The third kappa shape index (κ3) is 12.8. The molecule has 204 valence electrons. The molecule has 0 aliphatic carbocycles. The van der Waals surface area contributed by atoms with Gasteiger partial charge in [-0.3, -0.25) is 10.1 Å². The molecule has 0 saturated heterocycles. The Morgan fingerprint density at radius 2 is 1.76 bits per heavy atom. The third-order valence-corrected chi connectivity index (χ3v) is 6.79. The molecule has 0 heterocycles. The van der Waals surface area contributed by atoms with Crippen LogP contribution in [0.2, 0.25) is 10.0 Å². The molecular formula is C26H38Cl2N6O2S. The van der Waals surface area contributed by atoms with Gasteiger partial charge in [-0.05, 0) is 67.5 Å². The Bertz CT molecular complexity index is 981. The fourth-order valence-electron chi connectivity index (χ4n) is 3.61. The summed E-state index contributed by atoms with van der Waals surface area (Å²) < 4.78 is 3.31. The molecule has 1 unspecified atom stereocenters. The van der Waals surface area contributed by atoms with E-state index in [2.05, 4.69) is 34.6 Å². The first-order valence-corrected chi connectivity index (χ1v) is 13.9. The predicted molar refractivity (Wildman–Crippen MR) is 155 cm³/mol. The second-order valence-electron chi connectivity index (χ2n) is 9.33. The van der Waals surface area contributed by atoms with E-state index >= 15 is 0 Å². The first-order valence-electron chi connectivity index (χ1n) is 12.3. The maximum Gasteiger partial charge on any atom is 0.331 e. The van der Waals surface area contributed by atoms with Crippen molar-refractivity contribution in [3.63, 3.8) is 0 Å². The zero-order valence-corrected chi connectivity index (χ0v) is 24.2. The van der Waals surface area contributed by atoms with Crippen molar-refractivity contribution in [2.45, 2.75) is 44.0 Å². The molecule has 0 fully saturated rings. The number of rotatable bonds is 14. The molecule has 4 amide bonds. The summed E-state index contributed by atoms with van der Waals surface area (Å²) in [5.74, 6) is 0.349. The average Bonchev–Trinajstić information content (AvgIpc) is 2.81. The number of amides is 4. The maximum absolute atomic E-state index is 12.9. The highest BCUT2D eigenvalue weighted by Gasteiger charge is 2.22. The van der Waals surface area contributed by atoms with Crippen LogP contribution in [0, 0.1) is 5.92 Å². The van der Waals surface area contributed by atoms with Crippen LogP contribution >= 0.6 is 35.1 Å². The van der Waals surface area contributed by atoms with E-state index in [0.29, 0.717) is 29.1 Å². The first kappa shape index (κ1) is 31.1. The SMILES string of the molecule is CC(C)CC(CN(CCCCNSc1ccc(Cl)cc1Cl)C(=O)NN(C)C)NC(=O)Nc1ccccc1. The third-order valence-electron chi connectivity index (χ3n) is 5.20. The molecular weight excluding hydrogens is 531 g/mol. The van der Waals surface area contributed by atoms with Gasteiger partial charge in [0.15, 0.2) is 0 Å². The fraction of sp³-hybridized carbons (Fsp3) is 0.462. The summed E-state index contributed by atoms with van der Waals surface area (Å²) >= 11 is 13.6. The van der Waals surface area contributed by atoms with Gasteiger partial charge in [-0.2, -0.15) is 0 Å². The number of para-hydroxylation sites is 1. The van der Waals surface area contributed by atoms with Crippen molar-refractivity contribution in [2.75, 3.05) is 39.0 Å². The summed E-state index contributed by atoms with van der Waals surface area (Å²) in [7, 11) is 3.55. The number of benzene rings is 2. The number of unbranched alkanes of at least 4 members (excludes halogenated alkanes) is 1. The van der Waals surface area contributed by atoms with Gasteiger partial charge in [0.2, 0.25) is 0 Å². The fourth-order valence-corrected chi connectivity index (χ4v) is 4.83. The smallest absolute Gasteiger partial charge is 0.331 e. The number of carbonyl (C=O) groups is 2. The topological polar surface area (TPSA) is 88.7 Å². The summed E-state index contributed by atoms with van der Waals surface area (Å²) in [4.78, 5) is 28.2. The van der Waals surface area contributed by atoms with Crippen LogP contribution in [-0.2, 0) is 0 Å². The molecule has 2 aromatic carbocycles. The Hall–Kier alpha value is -2.17. The maximum atomic E-state index is 12.9. The van der Waals surface area contributed by atoms with E-state index in [0.717, 1.165) is 36.4 Å². The number of halogens is 2. The van der Waals surface area contributed by atoms with Gasteiger partial charge in [0.1, 0.15) is 0 Å². The summed E-state index contributed by atoms with van der Waals surface area (Å²) in [5, 5.41) is 8.75. The van der Waals surface area contributed by atoms with Gasteiger partial charge >= 0.3 is 12.1 Å². The number of nitrogens with one attached hydrogen (secondary N) is 4. The van der Waals surface area contributed by atoms with E-state index in [9.17, 15) is 9.59 Å². The van der Waals surface area contributed by atoms with Gasteiger partial charge in [-0.1, -0.05) is 55.2 Å². The van der Waals surface area contributed by atoms with Crippen LogP contribution in [0.4, 0.5) is 15.3 Å². The normalized spacial score (nSPS) is 11.9. The van der Waals surface area contributed by atoms with Crippen molar-refractivity contribution in [3.8, 4) is 0 Å². The molecule has 0 aliphatic rings. The Morgan fingerprint density at radius 1 is 1.03 bits per heavy atom. The second-order valence-corrected chi connectivity index (χ2v) is 11.1. The van der Waals surface area contributed by atoms with Gasteiger partial charge in [0, 0.05) is 55.4 Å². The van der Waals surface area contributed by atoms with Crippen molar-refractivity contribution < 1.29 is 9.59 Å². The molecule has 0 saturated carbocycles. The lowest BCUT2D eigenvalue weighted by atomic mass is 10.0.